The maximum atomic E-state index is 5.98. The van der Waals surface area contributed by atoms with Crippen molar-refractivity contribution in [1.82, 2.24) is 14.8 Å². The number of aryl methyl sites for hydroxylation is 2. The van der Waals surface area contributed by atoms with Gasteiger partial charge in [-0.25, -0.2) is 9.67 Å². The Hall–Kier alpha value is -1.68. The summed E-state index contributed by atoms with van der Waals surface area (Å²) in [4.78, 5) is 4.54. The molecule has 0 saturated heterocycles. The van der Waals surface area contributed by atoms with Crippen LogP contribution >= 0.6 is 0 Å². The lowest BCUT2D eigenvalue weighted by molar-refractivity contribution is 0.644. The minimum Gasteiger partial charge on any atom is -0.327 e. The van der Waals surface area contributed by atoms with Crippen LogP contribution in [-0.4, -0.2) is 20.8 Å². The lowest BCUT2D eigenvalue weighted by Gasteiger charge is -2.09. The number of hydrogen-bond donors (Lipinski definition) is 1. The molecule has 0 saturated carbocycles. The topological polar surface area (TPSA) is 56.7 Å². The monoisotopic (exact) mass is 272 g/mol. The summed E-state index contributed by atoms with van der Waals surface area (Å²) in [5, 5.41) is 4.61. The van der Waals surface area contributed by atoms with Gasteiger partial charge in [-0.3, -0.25) is 0 Å². The van der Waals surface area contributed by atoms with E-state index in [2.05, 4.69) is 43.0 Å². The molecule has 2 aromatic rings. The van der Waals surface area contributed by atoms with Crippen LogP contribution in [0.3, 0.4) is 0 Å². The Morgan fingerprint density at radius 1 is 1.20 bits per heavy atom. The van der Waals surface area contributed by atoms with E-state index in [4.69, 9.17) is 5.73 Å². The Labute approximate surface area is 121 Å². The molecule has 1 unspecified atom stereocenters. The number of rotatable bonds is 6. The number of aromatic nitrogens is 3. The molecule has 0 radical (unpaired) electrons. The maximum absolute atomic E-state index is 5.98. The number of nitrogens with two attached hydrogens (primary N) is 1. The van der Waals surface area contributed by atoms with Gasteiger partial charge in [-0.2, -0.15) is 5.10 Å². The summed E-state index contributed by atoms with van der Waals surface area (Å²) in [6, 6.07) is 6.50. The van der Waals surface area contributed by atoms with Gasteiger partial charge in [-0.15, -0.1) is 0 Å². The standard InChI is InChI=1S/C16H24N4/c1-4-13(17)9-12-7-8-16(18-11-12)20-15(6-3)10-14(5-2)19-20/h7-8,10-11,13H,4-6,9,17H2,1-3H3. The average molecular weight is 272 g/mol. The molecule has 4 nitrogen and oxygen atoms in total. The molecule has 108 valence electrons. The molecular formula is C16H24N4. The molecule has 0 amide bonds. The van der Waals surface area contributed by atoms with Crippen molar-refractivity contribution in [3.8, 4) is 5.82 Å². The van der Waals surface area contributed by atoms with Crippen LogP contribution in [0, 0.1) is 0 Å². The highest BCUT2D eigenvalue weighted by Gasteiger charge is 2.09. The summed E-state index contributed by atoms with van der Waals surface area (Å²) < 4.78 is 1.95. The molecule has 2 aromatic heterocycles. The van der Waals surface area contributed by atoms with Gasteiger partial charge in [0.15, 0.2) is 5.82 Å². The number of nitrogens with zero attached hydrogens (tertiary/aromatic N) is 3. The minimum atomic E-state index is 0.213. The van der Waals surface area contributed by atoms with Gasteiger partial charge in [-0.05, 0) is 43.4 Å². The smallest absolute Gasteiger partial charge is 0.153 e. The third kappa shape index (κ3) is 3.25. The Morgan fingerprint density at radius 2 is 2.00 bits per heavy atom. The summed E-state index contributed by atoms with van der Waals surface area (Å²) in [5.41, 5.74) is 9.47. The van der Waals surface area contributed by atoms with Crippen LogP contribution in [0.1, 0.15) is 44.1 Å². The van der Waals surface area contributed by atoms with Gasteiger partial charge >= 0.3 is 0 Å². The Balaban J connectivity index is 2.23. The SMILES string of the molecule is CCc1cc(CC)n(-c2ccc(CC(N)CC)cn2)n1. The molecule has 4 heteroatoms. The largest absolute Gasteiger partial charge is 0.327 e. The van der Waals surface area contributed by atoms with Crippen LogP contribution in [0.4, 0.5) is 0 Å². The second kappa shape index (κ2) is 6.66. The van der Waals surface area contributed by atoms with Crippen molar-refractivity contribution >= 4 is 0 Å². The lowest BCUT2D eigenvalue weighted by Crippen LogP contribution is -2.21. The van der Waals surface area contributed by atoms with Crippen molar-refractivity contribution in [2.75, 3.05) is 0 Å². The molecule has 0 aliphatic carbocycles. The van der Waals surface area contributed by atoms with Crippen molar-refractivity contribution in [2.24, 2.45) is 5.73 Å². The van der Waals surface area contributed by atoms with Crippen molar-refractivity contribution < 1.29 is 0 Å². The van der Waals surface area contributed by atoms with Crippen molar-refractivity contribution in [1.29, 1.82) is 0 Å². The maximum Gasteiger partial charge on any atom is 0.153 e. The minimum absolute atomic E-state index is 0.213. The first-order valence-corrected chi connectivity index (χ1v) is 7.46. The molecule has 20 heavy (non-hydrogen) atoms. The second-order valence-corrected chi connectivity index (χ2v) is 5.14. The van der Waals surface area contributed by atoms with Gasteiger partial charge in [0.25, 0.3) is 0 Å². The fourth-order valence-corrected chi connectivity index (χ4v) is 2.21. The molecule has 0 fully saturated rings. The first-order chi connectivity index (χ1) is 9.67. The highest BCUT2D eigenvalue weighted by molar-refractivity contribution is 5.29. The van der Waals surface area contributed by atoms with Gasteiger partial charge in [0, 0.05) is 17.9 Å². The van der Waals surface area contributed by atoms with E-state index in [-0.39, 0.29) is 6.04 Å². The molecule has 0 aliphatic rings. The van der Waals surface area contributed by atoms with E-state index in [0.717, 1.165) is 37.2 Å². The van der Waals surface area contributed by atoms with Gasteiger partial charge in [0.2, 0.25) is 0 Å². The highest BCUT2D eigenvalue weighted by Crippen LogP contribution is 2.13. The number of pyridine rings is 1. The van der Waals surface area contributed by atoms with E-state index < -0.39 is 0 Å². The van der Waals surface area contributed by atoms with Gasteiger partial charge in [0.1, 0.15) is 0 Å². The summed E-state index contributed by atoms with van der Waals surface area (Å²) in [7, 11) is 0. The zero-order chi connectivity index (χ0) is 14.5. The predicted octanol–water partition coefficient (Wildman–Crippen LogP) is 2.67. The highest BCUT2D eigenvalue weighted by atomic mass is 15.3. The summed E-state index contributed by atoms with van der Waals surface area (Å²) in [5.74, 6) is 0.885. The molecular weight excluding hydrogens is 248 g/mol. The summed E-state index contributed by atoms with van der Waals surface area (Å²) in [6.45, 7) is 6.37. The van der Waals surface area contributed by atoms with Crippen LogP contribution < -0.4 is 5.73 Å². The normalized spacial score (nSPS) is 12.6. The first-order valence-electron chi connectivity index (χ1n) is 7.46. The molecule has 2 N–H and O–H groups in total. The van der Waals surface area contributed by atoms with Crippen LogP contribution in [0.5, 0.6) is 0 Å². The molecule has 0 aromatic carbocycles. The van der Waals surface area contributed by atoms with Crippen LogP contribution in [0.15, 0.2) is 24.4 Å². The van der Waals surface area contributed by atoms with Crippen LogP contribution in [0.2, 0.25) is 0 Å². The lowest BCUT2D eigenvalue weighted by atomic mass is 10.1. The fourth-order valence-electron chi connectivity index (χ4n) is 2.21. The van der Waals surface area contributed by atoms with Crippen LogP contribution in [-0.2, 0) is 19.3 Å². The van der Waals surface area contributed by atoms with Gasteiger partial charge < -0.3 is 5.73 Å². The number of hydrogen-bond acceptors (Lipinski definition) is 3. The van der Waals surface area contributed by atoms with Gasteiger partial charge in [0.05, 0.1) is 5.69 Å². The first kappa shape index (κ1) is 14.7. The van der Waals surface area contributed by atoms with Crippen molar-refractivity contribution in [3.63, 3.8) is 0 Å². The van der Waals surface area contributed by atoms with Crippen molar-refractivity contribution in [2.45, 2.75) is 52.5 Å². The molecule has 0 spiro atoms. The molecule has 1 atom stereocenters. The zero-order valence-corrected chi connectivity index (χ0v) is 12.6. The third-order valence-electron chi connectivity index (χ3n) is 3.61. The van der Waals surface area contributed by atoms with E-state index in [9.17, 15) is 0 Å². The molecule has 2 heterocycles. The third-order valence-corrected chi connectivity index (χ3v) is 3.61. The molecule has 0 bridgehead atoms. The van der Waals surface area contributed by atoms with E-state index in [1.807, 2.05) is 16.9 Å². The summed E-state index contributed by atoms with van der Waals surface area (Å²) in [6.07, 6.45) is 5.68. The molecule has 0 aliphatic heterocycles. The van der Waals surface area contributed by atoms with E-state index in [1.165, 1.54) is 11.3 Å². The van der Waals surface area contributed by atoms with E-state index in [1.54, 1.807) is 0 Å². The fraction of sp³-hybridized carbons (Fsp3) is 0.500. The van der Waals surface area contributed by atoms with Crippen LogP contribution in [0.25, 0.3) is 5.82 Å². The van der Waals surface area contributed by atoms with E-state index in [0.29, 0.717) is 0 Å². The predicted molar refractivity (Wildman–Crippen MR) is 82.1 cm³/mol. The van der Waals surface area contributed by atoms with E-state index >= 15 is 0 Å². The molecule has 2 rings (SSSR count). The Bertz CT molecular complexity index is 542. The second-order valence-electron chi connectivity index (χ2n) is 5.14. The Morgan fingerprint density at radius 3 is 2.55 bits per heavy atom. The zero-order valence-electron chi connectivity index (χ0n) is 12.6. The van der Waals surface area contributed by atoms with Gasteiger partial charge in [-0.1, -0.05) is 26.8 Å². The Kier molecular flexibility index (Phi) is 4.90. The quantitative estimate of drug-likeness (QED) is 0.879. The average Bonchev–Trinajstić information content (AvgIpc) is 2.91. The van der Waals surface area contributed by atoms with Crippen molar-refractivity contribution in [3.05, 3.63) is 41.3 Å². The summed E-state index contributed by atoms with van der Waals surface area (Å²) >= 11 is 0.